The van der Waals surface area contributed by atoms with Crippen LogP contribution in [0.15, 0.2) is 4.99 Å². The lowest BCUT2D eigenvalue weighted by Gasteiger charge is -2.63. The fourth-order valence-corrected chi connectivity index (χ4v) is 4.30. The van der Waals surface area contributed by atoms with Crippen LogP contribution < -0.4 is 10.6 Å². The van der Waals surface area contributed by atoms with Crippen molar-refractivity contribution < 1.29 is 9.47 Å². The number of nitrogens with one attached hydrogen (secondary N) is 2. The van der Waals surface area contributed by atoms with Gasteiger partial charge in [-0.1, -0.05) is 6.42 Å². The van der Waals surface area contributed by atoms with Gasteiger partial charge in [0.2, 0.25) is 0 Å². The first-order valence-corrected chi connectivity index (χ1v) is 7.81. The third kappa shape index (κ3) is 2.11. The molecule has 2 saturated carbocycles. The lowest BCUT2D eigenvalue weighted by Crippen LogP contribution is -2.72. The van der Waals surface area contributed by atoms with E-state index in [-0.39, 0.29) is 6.04 Å². The summed E-state index contributed by atoms with van der Waals surface area (Å²) in [4.78, 5) is 4.37. The Bertz CT molecular complexity index is 381. The van der Waals surface area contributed by atoms with Crippen LogP contribution in [0.25, 0.3) is 0 Å². The Hall–Kier alpha value is -0.810. The van der Waals surface area contributed by atoms with Crippen molar-refractivity contribution in [2.75, 3.05) is 27.4 Å². The molecule has 3 fully saturated rings. The summed E-state index contributed by atoms with van der Waals surface area (Å²) in [5.74, 6) is 1.57. The van der Waals surface area contributed by atoms with Gasteiger partial charge in [0.15, 0.2) is 5.96 Å². The van der Waals surface area contributed by atoms with Gasteiger partial charge in [0, 0.05) is 44.2 Å². The molecule has 4 unspecified atom stereocenters. The maximum atomic E-state index is 5.95. The van der Waals surface area contributed by atoms with Gasteiger partial charge in [0.05, 0.1) is 12.7 Å². The quantitative estimate of drug-likeness (QED) is 0.599. The standard InChI is InChI=1S/C15H27N3O2/c1-10(9-19-3)17-14(16-2)18-12-11-5-8-20-13(11)15(12)6-4-7-15/h10-13H,4-9H2,1-3H3,(H2,16,17,18). The van der Waals surface area contributed by atoms with Crippen molar-refractivity contribution in [1.29, 1.82) is 0 Å². The van der Waals surface area contributed by atoms with E-state index in [1.807, 2.05) is 7.05 Å². The fourth-order valence-electron chi connectivity index (χ4n) is 4.30. The SMILES string of the molecule is CN=C(NC(C)COC)NC1C2CCOC2C12CCC2. The lowest BCUT2D eigenvalue weighted by molar-refractivity contribution is -0.171. The van der Waals surface area contributed by atoms with Crippen LogP contribution in [0.2, 0.25) is 0 Å². The highest BCUT2D eigenvalue weighted by Crippen LogP contribution is 2.62. The van der Waals surface area contributed by atoms with E-state index in [9.17, 15) is 0 Å². The number of guanidine groups is 1. The largest absolute Gasteiger partial charge is 0.383 e. The number of aliphatic imine (C=N–C) groups is 1. The summed E-state index contributed by atoms with van der Waals surface area (Å²) in [5.41, 5.74) is 0.392. The van der Waals surface area contributed by atoms with Gasteiger partial charge in [-0.3, -0.25) is 4.99 Å². The van der Waals surface area contributed by atoms with Gasteiger partial charge in [0.25, 0.3) is 0 Å². The molecular formula is C15H27N3O2. The van der Waals surface area contributed by atoms with Gasteiger partial charge >= 0.3 is 0 Å². The number of hydrogen-bond acceptors (Lipinski definition) is 3. The van der Waals surface area contributed by atoms with E-state index in [2.05, 4.69) is 22.5 Å². The second kappa shape index (κ2) is 5.53. The third-order valence-corrected chi connectivity index (χ3v) is 5.35. The van der Waals surface area contributed by atoms with Crippen molar-refractivity contribution in [3.63, 3.8) is 0 Å². The molecule has 0 amide bonds. The molecule has 0 bridgehead atoms. The summed E-state index contributed by atoms with van der Waals surface area (Å²) in [6.45, 7) is 3.73. The minimum atomic E-state index is 0.263. The van der Waals surface area contributed by atoms with Crippen molar-refractivity contribution in [2.24, 2.45) is 16.3 Å². The molecule has 5 heteroatoms. The molecular weight excluding hydrogens is 254 g/mol. The van der Waals surface area contributed by atoms with E-state index in [1.54, 1.807) is 7.11 Å². The first-order valence-electron chi connectivity index (χ1n) is 7.81. The van der Waals surface area contributed by atoms with Crippen molar-refractivity contribution >= 4 is 5.96 Å². The topological polar surface area (TPSA) is 54.9 Å². The smallest absolute Gasteiger partial charge is 0.191 e. The second-order valence-corrected chi connectivity index (χ2v) is 6.53. The summed E-state index contributed by atoms with van der Waals surface area (Å²) < 4.78 is 11.1. The van der Waals surface area contributed by atoms with Crippen molar-refractivity contribution in [1.82, 2.24) is 10.6 Å². The van der Waals surface area contributed by atoms with E-state index in [4.69, 9.17) is 9.47 Å². The Balaban J connectivity index is 1.61. The highest BCUT2D eigenvalue weighted by molar-refractivity contribution is 5.80. The van der Waals surface area contributed by atoms with Gasteiger partial charge in [0.1, 0.15) is 0 Å². The van der Waals surface area contributed by atoms with E-state index in [1.165, 1.54) is 25.7 Å². The van der Waals surface area contributed by atoms with Gasteiger partial charge in [-0.2, -0.15) is 0 Å². The van der Waals surface area contributed by atoms with Gasteiger partial charge in [-0.05, 0) is 26.2 Å². The number of rotatable bonds is 4. The van der Waals surface area contributed by atoms with Crippen LogP contribution in [-0.4, -0.2) is 51.5 Å². The van der Waals surface area contributed by atoms with E-state index >= 15 is 0 Å². The second-order valence-electron chi connectivity index (χ2n) is 6.53. The van der Waals surface area contributed by atoms with Crippen LogP contribution in [0, 0.1) is 11.3 Å². The molecule has 114 valence electrons. The molecule has 2 aliphatic carbocycles. The van der Waals surface area contributed by atoms with Crippen LogP contribution >= 0.6 is 0 Å². The molecule has 0 aromatic heterocycles. The molecule has 3 rings (SSSR count). The van der Waals surface area contributed by atoms with E-state index in [0.29, 0.717) is 30.1 Å². The Morgan fingerprint density at radius 3 is 2.90 bits per heavy atom. The summed E-state index contributed by atoms with van der Waals surface area (Å²) in [5, 5.41) is 7.07. The summed E-state index contributed by atoms with van der Waals surface area (Å²) in [6.07, 6.45) is 5.64. The molecule has 0 aromatic carbocycles. The average molecular weight is 281 g/mol. The monoisotopic (exact) mass is 281 g/mol. The molecule has 4 atom stereocenters. The zero-order valence-corrected chi connectivity index (χ0v) is 12.8. The lowest BCUT2D eigenvalue weighted by atomic mass is 9.46. The van der Waals surface area contributed by atoms with Crippen LogP contribution in [-0.2, 0) is 9.47 Å². The predicted molar refractivity (Wildman–Crippen MR) is 78.9 cm³/mol. The van der Waals surface area contributed by atoms with Crippen molar-refractivity contribution in [3.8, 4) is 0 Å². The van der Waals surface area contributed by atoms with Crippen LogP contribution in [0.3, 0.4) is 0 Å². The van der Waals surface area contributed by atoms with Gasteiger partial charge in [-0.25, -0.2) is 0 Å². The number of methoxy groups -OCH3 is 1. The number of fused-ring (bicyclic) bond motifs is 2. The van der Waals surface area contributed by atoms with Crippen molar-refractivity contribution in [2.45, 2.75) is 50.8 Å². The predicted octanol–water partition coefficient (Wildman–Crippen LogP) is 1.14. The van der Waals surface area contributed by atoms with Gasteiger partial charge in [-0.15, -0.1) is 0 Å². The van der Waals surface area contributed by atoms with Gasteiger partial charge < -0.3 is 20.1 Å². The molecule has 3 aliphatic rings. The Morgan fingerprint density at radius 2 is 2.30 bits per heavy atom. The molecule has 5 nitrogen and oxygen atoms in total. The number of hydrogen-bond donors (Lipinski definition) is 2. The maximum Gasteiger partial charge on any atom is 0.191 e. The maximum absolute atomic E-state index is 5.95. The number of nitrogens with zero attached hydrogens (tertiary/aromatic N) is 1. The summed E-state index contributed by atoms with van der Waals surface area (Å²) >= 11 is 0. The Morgan fingerprint density at radius 1 is 1.50 bits per heavy atom. The minimum absolute atomic E-state index is 0.263. The normalized spacial score (nSPS) is 36.0. The minimum Gasteiger partial charge on any atom is -0.383 e. The first kappa shape index (κ1) is 14.1. The summed E-state index contributed by atoms with van der Waals surface area (Å²) in [7, 11) is 3.56. The van der Waals surface area contributed by atoms with Crippen LogP contribution in [0.5, 0.6) is 0 Å². The zero-order valence-electron chi connectivity index (χ0n) is 12.8. The Kier molecular flexibility index (Phi) is 3.91. The number of ether oxygens (including phenoxy) is 2. The highest BCUT2D eigenvalue weighted by Gasteiger charge is 2.66. The first-order chi connectivity index (χ1) is 9.71. The molecule has 1 spiro atoms. The molecule has 20 heavy (non-hydrogen) atoms. The molecule has 1 saturated heterocycles. The fraction of sp³-hybridized carbons (Fsp3) is 0.933. The van der Waals surface area contributed by atoms with E-state index < -0.39 is 0 Å². The molecule has 0 radical (unpaired) electrons. The summed E-state index contributed by atoms with van der Waals surface area (Å²) in [6, 6.07) is 0.795. The average Bonchev–Trinajstić information content (AvgIpc) is 2.78. The third-order valence-electron chi connectivity index (χ3n) is 5.35. The zero-order chi connectivity index (χ0) is 14.2. The van der Waals surface area contributed by atoms with Crippen molar-refractivity contribution in [3.05, 3.63) is 0 Å². The Labute approximate surface area is 121 Å². The molecule has 1 heterocycles. The van der Waals surface area contributed by atoms with Crippen LogP contribution in [0.1, 0.15) is 32.6 Å². The molecule has 1 aliphatic heterocycles. The van der Waals surface area contributed by atoms with E-state index in [0.717, 1.165) is 12.6 Å². The molecule has 2 N–H and O–H groups in total. The highest BCUT2D eigenvalue weighted by atomic mass is 16.5. The molecule has 0 aromatic rings. The van der Waals surface area contributed by atoms with Crippen LogP contribution in [0.4, 0.5) is 0 Å².